The molecule has 6 heteroatoms. The van der Waals surface area contributed by atoms with Crippen LogP contribution in [0.5, 0.6) is 0 Å². The molecule has 15 heavy (non-hydrogen) atoms. The Labute approximate surface area is 91.2 Å². The number of benzene rings is 1. The van der Waals surface area contributed by atoms with Crippen molar-refractivity contribution in [3.63, 3.8) is 0 Å². The second kappa shape index (κ2) is 4.44. The Kier molecular flexibility index (Phi) is 3.47. The number of hydrogen-bond acceptors (Lipinski definition) is 3. The van der Waals surface area contributed by atoms with Crippen LogP contribution in [-0.2, 0) is 0 Å². The van der Waals surface area contributed by atoms with Crippen LogP contribution in [0.25, 0.3) is 0 Å². The third-order valence-corrected chi connectivity index (χ3v) is 2.36. The van der Waals surface area contributed by atoms with Gasteiger partial charge in [0.05, 0.1) is 4.92 Å². The maximum Gasteiger partial charge on any atom is 0.328 e. The van der Waals surface area contributed by atoms with Crippen molar-refractivity contribution in [1.82, 2.24) is 0 Å². The van der Waals surface area contributed by atoms with Gasteiger partial charge in [0, 0.05) is 17.1 Å². The first kappa shape index (κ1) is 11.7. The van der Waals surface area contributed by atoms with Crippen LogP contribution < -0.4 is 5.32 Å². The molecule has 0 aliphatic rings. The van der Waals surface area contributed by atoms with Gasteiger partial charge in [-0.3, -0.25) is 10.1 Å². The maximum absolute atomic E-state index is 13.5. The van der Waals surface area contributed by atoms with Crippen LogP contribution in [-0.4, -0.2) is 11.5 Å². The largest absolute Gasteiger partial charge is 0.380 e. The van der Waals surface area contributed by atoms with Crippen LogP contribution >= 0.6 is 11.6 Å². The second-order valence-electron chi connectivity index (χ2n) is 2.98. The van der Waals surface area contributed by atoms with Gasteiger partial charge in [0.2, 0.25) is 5.82 Å². The van der Waals surface area contributed by atoms with Crippen LogP contribution in [0.3, 0.4) is 0 Å². The fourth-order valence-corrected chi connectivity index (χ4v) is 1.40. The molecule has 0 aliphatic carbocycles. The molecule has 82 valence electrons. The minimum absolute atomic E-state index is 0.0880. The highest BCUT2D eigenvalue weighted by Gasteiger charge is 2.23. The minimum Gasteiger partial charge on any atom is -0.380 e. The number of anilines is 1. The molecule has 1 aromatic carbocycles. The number of nitro benzene ring substituents is 1. The van der Waals surface area contributed by atoms with Crippen molar-refractivity contribution in [3.05, 3.63) is 32.6 Å². The lowest BCUT2D eigenvalue weighted by Crippen LogP contribution is -2.04. The molecule has 0 aliphatic heterocycles. The number of nitrogens with zero attached hydrogens (tertiary/aromatic N) is 1. The summed E-state index contributed by atoms with van der Waals surface area (Å²) < 4.78 is 13.5. The summed E-state index contributed by atoms with van der Waals surface area (Å²) in [5.74, 6) is -0.886. The molecule has 0 amide bonds. The van der Waals surface area contributed by atoms with E-state index in [1.807, 2.05) is 0 Å². The molecular weight excluding hydrogens is 223 g/mol. The predicted octanol–water partition coefficient (Wildman–Crippen LogP) is 3.13. The van der Waals surface area contributed by atoms with Crippen molar-refractivity contribution in [3.8, 4) is 0 Å². The van der Waals surface area contributed by atoms with E-state index >= 15 is 0 Å². The Morgan fingerprint density at radius 1 is 1.67 bits per heavy atom. The molecule has 1 rings (SSSR count). The molecule has 0 atom stereocenters. The lowest BCUT2D eigenvalue weighted by atomic mass is 10.1. The quantitative estimate of drug-likeness (QED) is 0.643. The third-order valence-electron chi connectivity index (χ3n) is 1.97. The zero-order chi connectivity index (χ0) is 11.6. The standard InChI is InChI=1S/C9H10ClFN2O2/c1-3-12-7-4-6(10)5(2)8(11)9(7)13(14)15/h4,12H,3H2,1-2H3. The smallest absolute Gasteiger partial charge is 0.328 e. The second-order valence-corrected chi connectivity index (χ2v) is 3.39. The van der Waals surface area contributed by atoms with Crippen LogP contribution in [0.4, 0.5) is 15.8 Å². The summed E-state index contributed by atoms with van der Waals surface area (Å²) in [6.45, 7) is 3.62. The molecule has 0 saturated heterocycles. The zero-order valence-corrected chi connectivity index (χ0v) is 9.06. The van der Waals surface area contributed by atoms with Crippen LogP contribution in [0.15, 0.2) is 6.07 Å². The van der Waals surface area contributed by atoms with Gasteiger partial charge in [0.15, 0.2) is 0 Å². The maximum atomic E-state index is 13.5. The summed E-state index contributed by atoms with van der Waals surface area (Å²) >= 11 is 5.73. The number of nitro groups is 1. The lowest BCUT2D eigenvalue weighted by Gasteiger charge is -2.08. The molecule has 1 aromatic rings. The number of halogens is 2. The van der Waals surface area contributed by atoms with Gasteiger partial charge >= 0.3 is 5.69 Å². The van der Waals surface area contributed by atoms with Crippen molar-refractivity contribution < 1.29 is 9.31 Å². The lowest BCUT2D eigenvalue weighted by molar-refractivity contribution is -0.386. The van der Waals surface area contributed by atoms with E-state index in [0.29, 0.717) is 6.54 Å². The first-order chi connectivity index (χ1) is 6.99. The van der Waals surface area contributed by atoms with Crippen LogP contribution in [0.2, 0.25) is 5.02 Å². The van der Waals surface area contributed by atoms with Crippen LogP contribution in [0.1, 0.15) is 12.5 Å². The fourth-order valence-electron chi connectivity index (χ4n) is 1.21. The summed E-state index contributed by atoms with van der Waals surface area (Å²) in [6, 6.07) is 1.36. The van der Waals surface area contributed by atoms with E-state index in [9.17, 15) is 14.5 Å². The Morgan fingerprint density at radius 3 is 2.73 bits per heavy atom. The van der Waals surface area contributed by atoms with Crippen molar-refractivity contribution in [1.29, 1.82) is 0 Å². The van der Waals surface area contributed by atoms with Gasteiger partial charge in [-0.2, -0.15) is 4.39 Å². The van der Waals surface area contributed by atoms with E-state index in [4.69, 9.17) is 11.6 Å². The third kappa shape index (κ3) is 2.18. The van der Waals surface area contributed by atoms with E-state index in [0.717, 1.165) is 0 Å². The Hall–Kier alpha value is -1.36. The van der Waals surface area contributed by atoms with Crippen molar-refractivity contribution >= 4 is 23.0 Å². The SMILES string of the molecule is CCNc1cc(Cl)c(C)c(F)c1[N+](=O)[O-]. The topological polar surface area (TPSA) is 55.2 Å². The van der Waals surface area contributed by atoms with Gasteiger partial charge in [0.25, 0.3) is 0 Å². The molecular formula is C9H10ClFN2O2. The monoisotopic (exact) mass is 232 g/mol. The molecule has 0 unspecified atom stereocenters. The van der Waals surface area contributed by atoms with Crippen molar-refractivity contribution in [2.75, 3.05) is 11.9 Å². The molecule has 0 heterocycles. The Balaban J connectivity index is 3.43. The number of hydrogen-bond donors (Lipinski definition) is 1. The minimum atomic E-state index is -0.886. The normalized spacial score (nSPS) is 10.1. The molecule has 0 saturated carbocycles. The zero-order valence-electron chi connectivity index (χ0n) is 8.30. The highest BCUT2D eigenvalue weighted by molar-refractivity contribution is 6.31. The van der Waals surface area contributed by atoms with Gasteiger partial charge in [-0.05, 0) is 19.9 Å². The summed E-state index contributed by atoms with van der Waals surface area (Å²) in [5.41, 5.74) is -0.362. The number of nitrogens with one attached hydrogen (secondary N) is 1. The van der Waals surface area contributed by atoms with Crippen molar-refractivity contribution in [2.45, 2.75) is 13.8 Å². The molecule has 0 fully saturated rings. The van der Waals surface area contributed by atoms with Crippen LogP contribution in [0, 0.1) is 22.9 Å². The molecule has 0 bridgehead atoms. The van der Waals surface area contributed by atoms with E-state index in [-0.39, 0.29) is 16.3 Å². The molecule has 0 spiro atoms. The molecule has 0 radical (unpaired) electrons. The summed E-state index contributed by atoms with van der Waals surface area (Å²) in [4.78, 5) is 9.91. The average Bonchev–Trinajstić information content (AvgIpc) is 2.14. The fraction of sp³-hybridized carbons (Fsp3) is 0.333. The Bertz CT molecular complexity index is 410. The average molecular weight is 233 g/mol. The first-order valence-corrected chi connectivity index (χ1v) is 4.73. The van der Waals surface area contributed by atoms with Gasteiger partial charge in [-0.25, -0.2) is 0 Å². The summed E-state index contributed by atoms with van der Waals surface area (Å²) in [5, 5.41) is 13.5. The highest BCUT2D eigenvalue weighted by atomic mass is 35.5. The van der Waals surface area contributed by atoms with Gasteiger partial charge in [0.1, 0.15) is 5.69 Å². The van der Waals surface area contributed by atoms with Gasteiger partial charge in [-0.1, -0.05) is 11.6 Å². The Morgan fingerprint density at radius 2 is 2.27 bits per heavy atom. The van der Waals surface area contributed by atoms with E-state index < -0.39 is 16.4 Å². The predicted molar refractivity (Wildman–Crippen MR) is 57.0 cm³/mol. The molecule has 4 nitrogen and oxygen atoms in total. The van der Waals surface area contributed by atoms with E-state index in [2.05, 4.69) is 5.32 Å². The first-order valence-electron chi connectivity index (χ1n) is 4.35. The highest BCUT2D eigenvalue weighted by Crippen LogP contribution is 2.34. The van der Waals surface area contributed by atoms with E-state index in [1.54, 1.807) is 6.92 Å². The van der Waals surface area contributed by atoms with Gasteiger partial charge < -0.3 is 5.32 Å². The summed E-state index contributed by atoms with van der Waals surface area (Å²) in [6.07, 6.45) is 0. The molecule has 0 aromatic heterocycles. The van der Waals surface area contributed by atoms with Gasteiger partial charge in [-0.15, -0.1) is 0 Å². The number of rotatable bonds is 3. The molecule has 1 N–H and O–H groups in total. The van der Waals surface area contributed by atoms with Crippen molar-refractivity contribution in [2.24, 2.45) is 0 Å². The van der Waals surface area contributed by atoms with E-state index in [1.165, 1.54) is 13.0 Å². The summed E-state index contributed by atoms with van der Waals surface area (Å²) in [7, 11) is 0.